The molecule has 1 aliphatic rings. The molecule has 1 unspecified atom stereocenters. The molecule has 0 aliphatic heterocycles. The van der Waals surface area contributed by atoms with E-state index in [1.807, 2.05) is 0 Å². The Hall–Kier alpha value is -3.04. The number of alkyl halides is 3. The highest BCUT2D eigenvalue weighted by Crippen LogP contribution is 2.43. The van der Waals surface area contributed by atoms with Crippen molar-refractivity contribution in [3.05, 3.63) is 58.5 Å². The molecule has 30 heavy (non-hydrogen) atoms. The third-order valence-electron chi connectivity index (χ3n) is 4.51. The minimum atomic E-state index is -5.11. The first-order valence-electron chi connectivity index (χ1n) is 8.92. The molecule has 1 aromatic rings. The lowest BCUT2D eigenvalue weighted by Gasteiger charge is -2.33. The van der Waals surface area contributed by atoms with E-state index in [2.05, 4.69) is 10.0 Å². The molecule has 0 bridgehead atoms. The maximum Gasteiger partial charge on any atom is 0.432 e. The molecule has 0 heterocycles. The molecule has 0 saturated carbocycles. The number of nitrogens with zero attached hydrogens (tertiary/aromatic N) is 3. The van der Waals surface area contributed by atoms with Gasteiger partial charge in [0.1, 0.15) is 12.2 Å². The van der Waals surface area contributed by atoms with Crippen LogP contribution in [0.15, 0.2) is 47.6 Å². The second kappa shape index (κ2) is 9.64. The number of azide groups is 1. The summed E-state index contributed by atoms with van der Waals surface area (Å²) in [5.74, 6) is -2.25. The standard InChI is InChI=1S/C19H20F3N3O5/c1-12(26)29-15-8-9-16(11-14(10-15)24-25-23)30-17(27)18(28-2,19(20,21)22)13-6-4-3-5-7-13/h3-9,14-16H,10-11H2,1-2H3/t14-,15-,16+,18?/m0/s1. The summed E-state index contributed by atoms with van der Waals surface area (Å²) < 4.78 is 56.8. The van der Waals surface area contributed by atoms with Crippen molar-refractivity contribution in [2.45, 2.75) is 49.8 Å². The van der Waals surface area contributed by atoms with Gasteiger partial charge in [0.15, 0.2) is 0 Å². The summed E-state index contributed by atoms with van der Waals surface area (Å²) in [7, 11) is 0.768. The van der Waals surface area contributed by atoms with Gasteiger partial charge in [0, 0.05) is 30.6 Å². The van der Waals surface area contributed by atoms with Crippen molar-refractivity contribution in [2.24, 2.45) is 5.11 Å². The zero-order valence-electron chi connectivity index (χ0n) is 16.2. The highest BCUT2D eigenvalue weighted by molar-refractivity contribution is 5.83. The van der Waals surface area contributed by atoms with Crippen LogP contribution in [0.25, 0.3) is 10.4 Å². The van der Waals surface area contributed by atoms with Gasteiger partial charge < -0.3 is 14.2 Å². The van der Waals surface area contributed by atoms with Crippen molar-refractivity contribution >= 4 is 11.9 Å². The zero-order chi connectivity index (χ0) is 22.4. The van der Waals surface area contributed by atoms with E-state index < -0.39 is 47.5 Å². The van der Waals surface area contributed by atoms with Crippen molar-refractivity contribution in [3.8, 4) is 0 Å². The Balaban J connectivity index is 2.35. The summed E-state index contributed by atoms with van der Waals surface area (Å²) in [6.07, 6.45) is -4.34. The Bertz CT molecular complexity index is 840. The summed E-state index contributed by atoms with van der Waals surface area (Å²) in [5, 5.41) is 3.55. The number of hydrogen-bond acceptors (Lipinski definition) is 6. The van der Waals surface area contributed by atoms with E-state index in [1.54, 1.807) is 0 Å². The van der Waals surface area contributed by atoms with E-state index >= 15 is 0 Å². The van der Waals surface area contributed by atoms with Crippen LogP contribution in [-0.4, -0.2) is 43.5 Å². The minimum absolute atomic E-state index is 0.0868. The van der Waals surface area contributed by atoms with Gasteiger partial charge in [0.2, 0.25) is 0 Å². The molecule has 0 spiro atoms. The molecule has 11 heteroatoms. The average molecular weight is 427 g/mol. The first kappa shape index (κ1) is 23.2. The number of esters is 2. The van der Waals surface area contributed by atoms with E-state index in [1.165, 1.54) is 37.3 Å². The van der Waals surface area contributed by atoms with Gasteiger partial charge in [-0.1, -0.05) is 35.4 Å². The Labute approximate surface area is 170 Å². The first-order chi connectivity index (χ1) is 14.1. The quantitative estimate of drug-likeness (QED) is 0.224. The van der Waals surface area contributed by atoms with Crippen LogP contribution in [0, 0.1) is 0 Å². The average Bonchev–Trinajstić information content (AvgIpc) is 2.84. The van der Waals surface area contributed by atoms with Crippen LogP contribution in [0.2, 0.25) is 0 Å². The lowest BCUT2D eigenvalue weighted by atomic mass is 9.92. The molecule has 162 valence electrons. The Kier molecular flexibility index (Phi) is 7.47. The molecule has 0 saturated heterocycles. The van der Waals surface area contributed by atoms with Crippen LogP contribution in [0.3, 0.4) is 0 Å². The maximum atomic E-state index is 14.0. The lowest BCUT2D eigenvalue weighted by Crippen LogP contribution is -2.52. The van der Waals surface area contributed by atoms with Crippen LogP contribution in [0.5, 0.6) is 0 Å². The molecule has 2 rings (SSSR count). The number of carbonyl (C=O) groups is 2. The normalized spacial score (nSPS) is 23.4. The predicted octanol–water partition coefficient (Wildman–Crippen LogP) is 3.96. The molecule has 4 atom stereocenters. The number of methoxy groups -OCH3 is 1. The molecular weight excluding hydrogens is 407 g/mol. The monoisotopic (exact) mass is 427 g/mol. The number of benzene rings is 1. The minimum Gasteiger partial charge on any atom is -0.458 e. The Morgan fingerprint density at radius 3 is 2.13 bits per heavy atom. The summed E-state index contributed by atoms with van der Waals surface area (Å²) in [6, 6.07) is 5.64. The molecule has 1 aliphatic carbocycles. The van der Waals surface area contributed by atoms with E-state index in [0.29, 0.717) is 0 Å². The fourth-order valence-corrected chi connectivity index (χ4v) is 3.20. The van der Waals surface area contributed by atoms with E-state index in [-0.39, 0.29) is 12.8 Å². The second-order valence-corrected chi connectivity index (χ2v) is 6.56. The van der Waals surface area contributed by atoms with Crippen molar-refractivity contribution < 1.29 is 37.0 Å². The molecule has 0 radical (unpaired) electrons. The second-order valence-electron chi connectivity index (χ2n) is 6.56. The summed E-state index contributed by atoms with van der Waals surface area (Å²) >= 11 is 0. The maximum absolute atomic E-state index is 14.0. The van der Waals surface area contributed by atoms with Crippen molar-refractivity contribution in [3.63, 3.8) is 0 Å². The Morgan fingerprint density at radius 2 is 1.67 bits per heavy atom. The van der Waals surface area contributed by atoms with Crippen LogP contribution >= 0.6 is 0 Å². The first-order valence-corrected chi connectivity index (χ1v) is 8.92. The summed E-state index contributed by atoms with van der Waals surface area (Å²) in [6.45, 7) is 1.19. The van der Waals surface area contributed by atoms with Gasteiger partial charge in [-0.2, -0.15) is 13.2 Å². The zero-order valence-corrected chi connectivity index (χ0v) is 16.2. The molecule has 0 amide bonds. The molecule has 1 aromatic carbocycles. The largest absolute Gasteiger partial charge is 0.458 e. The van der Waals surface area contributed by atoms with E-state index in [4.69, 9.17) is 19.7 Å². The smallest absolute Gasteiger partial charge is 0.432 e. The number of rotatable bonds is 6. The lowest BCUT2D eigenvalue weighted by molar-refractivity contribution is -0.277. The highest BCUT2D eigenvalue weighted by atomic mass is 19.4. The Morgan fingerprint density at radius 1 is 1.10 bits per heavy atom. The summed E-state index contributed by atoms with van der Waals surface area (Å²) in [5.41, 5.74) is 4.95. The van der Waals surface area contributed by atoms with Crippen LogP contribution in [0.4, 0.5) is 13.2 Å². The number of hydrogen-bond donors (Lipinski definition) is 0. The van der Waals surface area contributed by atoms with Crippen molar-refractivity contribution in [1.82, 2.24) is 0 Å². The van der Waals surface area contributed by atoms with Crippen molar-refractivity contribution in [2.75, 3.05) is 7.11 Å². The highest BCUT2D eigenvalue weighted by Gasteiger charge is 2.64. The number of ether oxygens (including phenoxy) is 3. The molecule has 0 N–H and O–H groups in total. The summed E-state index contributed by atoms with van der Waals surface area (Å²) in [4.78, 5) is 26.6. The van der Waals surface area contributed by atoms with Gasteiger partial charge in [-0.05, 0) is 30.5 Å². The van der Waals surface area contributed by atoms with Gasteiger partial charge in [0.05, 0.1) is 0 Å². The fourth-order valence-electron chi connectivity index (χ4n) is 3.20. The molecular formula is C19H20F3N3O5. The van der Waals surface area contributed by atoms with Gasteiger partial charge in [-0.3, -0.25) is 4.79 Å². The van der Waals surface area contributed by atoms with E-state index in [9.17, 15) is 22.8 Å². The SMILES string of the molecule is COC(C(=O)O[C@@H]1C=C[C@H](OC(C)=O)C[C@H](N=[N+]=[N-])C1)(c1ccccc1)C(F)(F)F. The van der Waals surface area contributed by atoms with Gasteiger partial charge in [-0.15, -0.1) is 0 Å². The van der Waals surface area contributed by atoms with Gasteiger partial charge in [0.25, 0.3) is 5.60 Å². The third-order valence-corrected chi connectivity index (χ3v) is 4.51. The fraction of sp³-hybridized carbons (Fsp3) is 0.474. The number of halogens is 3. The topological polar surface area (TPSA) is 111 Å². The molecule has 8 nitrogen and oxygen atoms in total. The van der Waals surface area contributed by atoms with Gasteiger partial charge in [-0.25, -0.2) is 4.79 Å². The third kappa shape index (κ3) is 5.11. The molecule has 0 fully saturated rings. The number of carbonyl (C=O) groups excluding carboxylic acids is 2. The predicted molar refractivity (Wildman–Crippen MR) is 97.9 cm³/mol. The van der Waals surface area contributed by atoms with Crippen molar-refractivity contribution in [1.29, 1.82) is 0 Å². The molecule has 0 aromatic heterocycles. The van der Waals surface area contributed by atoms with Crippen LogP contribution in [-0.2, 0) is 29.4 Å². The van der Waals surface area contributed by atoms with Crippen LogP contribution in [0.1, 0.15) is 25.3 Å². The van der Waals surface area contributed by atoms with Gasteiger partial charge >= 0.3 is 18.1 Å². The van der Waals surface area contributed by atoms with Crippen LogP contribution < -0.4 is 0 Å². The van der Waals surface area contributed by atoms with E-state index in [0.717, 1.165) is 19.2 Å².